The molecule has 5 heteroatoms. The second-order valence-corrected chi connectivity index (χ2v) is 7.03. The van der Waals surface area contributed by atoms with Gasteiger partial charge in [0.25, 0.3) is 0 Å². The van der Waals surface area contributed by atoms with Crippen LogP contribution in [0.25, 0.3) is 0 Å². The Labute approximate surface area is 153 Å². The number of aliphatic imine (C=N–C) groups is 1. The van der Waals surface area contributed by atoms with E-state index in [9.17, 15) is 0 Å². The van der Waals surface area contributed by atoms with E-state index in [4.69, 9.17) is 0 Å². The van der Waals surface area contributed by atoms with Gasteiger partial charge in [0.05, 0.1) is 6.54 Å². The lowest BCUT2D eigenvalue weighted by Crippen LogP contribution is -2.42. The van der Waals surface area contributed by atoms with Crippen molar-refractivity contribution in [2.45, 2.75) is 60.0 Å². The predicted molar refractivity (Wildman–Crippen MR) is 107 cm³/mol. The Morgan fingerprint density at radius 2 is 2.05 bits per heavy atom. The normalized spacial score (nSPS) is 13.5. The summed E-state index contributed by atoms with van der Waals surface area (Å²) in [6.45, 7) is 12.8. The first-order chi connectivity index (χ1) is 9.80. The quantitative estimate of drug-likeness (QED) is 0.416. The molecule has 0 fully saturated rings. The summed E-state index contributed by atoms with van der Waals surface area (Å²) in [6.07, 6.45) is 6.52. The van der Waals surface area contributed by atoms with Gasteiger partial charge >= 0.3 is 0 Å². The van der Waals surface area contributed by atoms with Gasteiger partial charge in [-0.1, -0.05) is 20.8 Å². The van der Waals surface area contributed by atoms with Gasteiger partial charge < -0.3 is 15.2 Å². The number of guanidine groups is 1. The SMILES string of the molecule is CCNC(=NCc1ccn(C)c1)NC(C)CCC(C)(C)C.I. The molecular weight excluding hydrogens is 387 g/mol. The van der Waals surface area contributed by atoms with Gasteiger partial charge in [-0.2, -0.15) is 0 Å². The Morgan fingerprint density at radius 3 is 2.55 bits per heavy atom. The maximum absolute atomic E-state index is 4.66. The van der Waals surface area contributed by atoms with Crippen molar-refractivity contribution >= 4 is 29.9 Å². The summed E-state index contributed by atoms with van der Waals surface area (Å²) < 4.78 is 2.05. The standard InChI is InChI=1S/C17H32N4.HI/c1-7-18-16(19-12-15-9-11-21(6)13-15)20-14(2)8-10-17(3,4)5;/h9,11,13-14H,7-8,10,12H2,1-6H3,(H2,18,19,20);1H. The van der Waals surface area contributed by atoms with E-state index >= 15 is 0 Å². The molecule has 0 spiro atoms. The molecule has 0 aromatic carbocycles. The molecule has 0 saturated carbocycles. The van der Waals surface area contributed by atoms with Crippen molar-refractivity contribution in [3.05, 3.63) is 24.0 Å². The fourth-order valence-electron chi connectivity index (χ4n) is 2.10. The van der Waals surface area contributed by atoms with Crippen LogP contribution in [0.15, 0.2) is 23.5 Å². The minimum atomic E-state index is 0. The second-order valence-electron chi connectivity index (χ2n) is 7.03. The van der Waals surface area contributed by atoms with Crippen LogP contribution < -0.4 is 10.6 Å². The Kier molecular flexibility index (Phi) is 9.80. The van der Waals surface area contributed by atoms with E-state index in [0.717, 1.165) is 18.9 Å². The first kappa shape index (κ1) is 21.3. The van der Waals surface area contributed by atoms with Crippen molar-refractivity contribution in [2.24, 2.45) is 17.5 Å². The summed E-state index contributed by atoms with van der Waals surface area (Å²) in [5.74, 6) is 0.905. The fraction of sp³-hybridized carbons (Fsp3) is 0.706. The van der Waals surface area contributed by atoms with Gasteiger partial charge in [-0.05, 0) is 43.7 Å². The molecule has 0 aliphatic heterocycles. The van der Waals surface area contributed by atoms with Crippen LogP contribution in [-0.4, -0.2) is 23.1 Å². The highest BCUT2D eigenvalue weighted by Gasteiger charge is 2.13. The van der Waals surface area contributed by atoms with Crippen LogP contribution in [-0.2, 0) is 13.6 Å². The number of halogens is 1. The minimum Gasteiger partial charge on any atom is -0.357 e. The molecule has 1 unspecified atom stereocenters. The number of nitrogens with zero attached hydrogens (tertiary/aromatic N) is 2. The number of aromatic nitrogens is 1. The highest BCUT2D eigenvalue weighted by atomic mass is 127. The topological polar surface area (TPSA) is 41.4 Å². The molecule has 128 valence electrons. The van der Waals surface area contributed by atoms with Crippen molar-refractivity contribution in [3.8, 4) is 0 Å². The molecule has 1 aromatic heterocycles. The van der Waals surface area contributed by atoms with Crippen molar-refractivity contribution in [2.75, 3.05) is 6.54 Å². The van der Waals surface area contributed by atoms with Gasteiger partial charge in [-0.25, -0.2) is 4.99 Å². The lowest BCUT2D eigenvalue weighted by Gasteiger charge is -2.23. The molecule has 0 aliphatic carbocycles. The molecule has 1 atom stereocenters. The lowest BCUT2D eigenvalue weighted by atomic mass is 9.89. The van der Waals surface area contributed by atoms with Gasteiger partial charge in [-0.15, -0.1) is 24.0 Å². The van der Waals surface area contributed by atoms with Crippen molar-refractivity contribution < 1.29 is 0 Å². The zero-order chi connectivity index (χ0) is 15.9. The van der Waals surface area contributed by atoms with Crippen molar-refractivity contribution in [3.63, 3.8) is 0 Å². The maximum Gasteiger partial charge on any atom is 0.191 e. The van der Waals surface area contributed by atoms with E-state index in [2.05, 4.69) is 73.3 Å². The molecule has 2 N–H and O–H groups in total. The van der Waals surface area contributed by atoms with E-state index in [1.165, 1.54) is 12.0 Å². The van der Waals surface area contributed by atoms with Crippen LogP contribution in [0.3, 0.4) is 0 Å². The second kappa shape index (κ2) is 10.1. The number of aryl methyl sites for hydroxylation is 1. The van der Waals surface area contributed by atoms with E-state index < -0.39 is 0 Å². The molecule has 0 aliphatic rings. The summed E-state index contributed by atoms with van der Waals surface area (Å²) in [7, 11) is 2.03. The number of hydrogen-bond donors (Lipinski definition) is 2. The van der Waals surface area contributed by atoms with E-state index in [1.54, 1.807) is 0 Å². The van der Waals surface area contributed by atoms with Crippen LogP contribution in [0.4, 0.5) is 0 Å². The minimum absolute atomic E-state index is 0. The van der Waals surface area contributed by atoms with E-state index in [-0.39, 0.29) is 24.0 Å². The van der Waals surface area contributed by atoms with Crippen LogP contribution in [0.5, 0.6) is 0 Å². The Hall–Kier alpha value is -0.720. The average molecular weight is 420 g/mol. The first-order valence-corrected chi connectivity index (χ1v) is 7.96. The van der Waals surface area contributed by atoms with Crippen LogP contribution >= 0.6 is 24.0 Å². The summed E-state index contributed by atoms with van der Waals surface area (Å²) >= 11 is 0. The third-order valence-corrected chi connectivity index (χ3v) is 3.37. The summed E-state index contributed by atoms with van der Waals surface area (Å²) in [5.41, 5.74) is 1.62. The summed E-state index contributed by atoms with van der Waals surface area (Å²) in [4.78, 5) is 4.66. The molecule has 0 saturated heterocycles. The number of nitrogens with one attached hydrogen (secondary N) is 2. The van der Waals surface area contributed by atoms with Gasteiger partial charge in [0.1, 0.15) is 0 Å². The molecule has 0 radical (unpaired) electrons. The average Bonchev–Trinajstić information content (AvgIpc) is 2.79. The van der Waals surface area contributed by atoms with Gasteiger partial charge in [0.15, 0.2) is 5.96 Å². The zero-order valence-electron chi connectivity index (χ0n) is 14.9. The highest BCUT2D eigenvalue weighted by Crippen LogP contribution is 2.21. The predicted octanol–water partition coefficient (Wildman–Crippen LogP) is 3.91. The Morgan fingerprint density at radius 1 is 1.36 bits per heavy atom. The highest BCUT2D eigenvalue weighted by molar-refractivity contribution is 14.0. The van der Waals surface area contributed by atoms with Crippen molar-refractivity contribution in [1.82, 2.24) is 15.2 Å². The molecular formula is C17H33IN4. The van der Waals surface area contributed by atoms with Crippen LogP contribution in [0.2, 0.25) is 0 Å². The Bertz CT molecular complexity index is 446. The van der Waals surface area contributed by atoms with Crippen LogP contribution in [0, 0.1) is 5.41 Å². The third-order valence-electron chi connectivity index (χ3n) is 3.37. The Balaban J connectivity index is 0.00000441. The molecule has 22 heavy (non-hydrogen) atoms. The molecule has 0 amide bonds. The first-order valence-electron chi connectivity index (χ1n) is 7.96. The maximum atomic E-state index is 4.66. The van der Waals surface area contributed by atoms with Crippen molar-refractivity contribution in [1.29, 1.82) is 0 Å². The fourth-order valence-corrected chi connectivity index (χ4v) is 2.10. The van der Waals surface area contributed by atoms with Gasteiger partial charge in [0.2, 0.25) is 0 Å². The molecule has 1 heterocycles. The van der Waals surface area contributed by atoms with Gasteiger partial charge in [0, 0.05) is 32.0 Å². The number of hydrogen-bond acceptors (Lipinski definition) is 1. The van der Waals surface area contributed by atoms with E-state index in [1.807, 2.05) is 7.05 Å². The third kappa shape index (κ3) is 9.33. The zero-order valence-corrected chi connectivity index (χ0v) is 17.3. The molecule has 1 aromatic rings. The molecule has 4 nitrogen and oxygen atoms in total. The number of rotatable bonds is 6. The lowest BCUT2D eigenvalue weighted by molar-refractivity contribution is 0.346. The smallest absolute Gasteiger partial charge is 0.191 e. The largest absolute Gasteiger partial charge is 0.357 e. The molecule has 1 rings (SSSR count). The summed E-state index contributed by atoms with van der Waals surface area (Å²) in [5, 5.41) is 6.82. The van der Waals surface area contributed by atoms with Crippen LogP contribution in [0.1, 0.15) is 53.0 Å². The van der Waals surface area contributed by atoms with E-state index in [0.29, 0.717) is 18.0 Å². The van der Waals surface area contributed by atoms with Gasteiger partial charge in [-0.3, -0.25) is 0 Å². The molecule has 0 bridgehead atoms. The monoisotopic (exact) mass is 420 g/mol. The summed E-state index contributed by atoms with van der Waals surface area (Å²) in [6, 6.07) is 2.54.